The van der Waals surface area contributed by atoms with Crippen molar-refractivity contribution in [3.8, 4) is 0 Å². The van der Waals surface area contributed by atoms with E-state index in [1.54, 1.807) is 0 Å². The molecule has 1 aliphatic heterocycles. The third kappa shape index (κ3) is 5.28. The van der Waals surface area contributed by atoms with Gasteiger partial charge in [0, 0.05) is 49.3 Å². The van der Waals surface area contributed by atoms with Crippen LogP contribution < -0.4 is 0 Å². The molecular formula is C36H42N2O3. The van der Waals surface area contributed by atoms with Crippen LogP contribution in [0.25, 0.3) is 10.9 Å². The summed E-state index contributed by atoms with van der Waals surface area (Å²) in [5, 5.41) is 1.32. The summed E-state index contributed by atoms with van der Waals surface area (Å²) in [6, 6.07) is 30.0. The van der Waals surface area contributed by atoms with Gasteiger partial charge in [-0.2, -0.15) is 0 Å². The minimum Gasteiger partial charge on any atom is -0.381 e. The molecule has 2 bridgehead atoms. The number of hydrogen-bond acceptors (Lipinski definition) is 4. The lowest BCUT2D eigenvalue weighted by Crippen LogP contribution is -2.50. The molecule has 0 radical (unpaired) electrons. The van der Waals surface area contributed by atoms with Crippen LogP contribution in [0.5, 0.6) is 0 Å². The van der Waals surface area contributed by atoms with Crippen LogP contribution in [-0.4, -0.2) is 49.0 Å². The Kier molecular flexibility index (Phi) is 8.40. The Morgan fingerprint density at radius 1 is 0.878 bits per heavy atom. The summed E-state index contributed by atoms with van der Waals surface area (Å²) < 4.78 is 22.2. The van der Waals surface area contributed by atoms with Crippen LogP contribution in [0.15, 0.2) is 97.6 Å². The quantitative estimate of drug-likeness (QED) is 0.192. The Morgan fingerprint density at radius 2 is 1.49 bits per heavy atom. The topological polar surface area (TPSA) is 35.9 Å². The molecule has 1 aliphatic carbocycles. The Hall–Kier alpha value is -3.22. The number of hydrogen-bond donors (Lipinski definition) is 0. The number of nitrogens with zero attached hydrogens (tertiary/aromatic N) is 2. The van der Waals surface area contributed by atoms with Crippen LogP contribution in [0.2, 0.25) is 0 Å². The number of fused-ring (bicyclic) bond motifs is 7. The summed E-state index contributed by atoms with van der Waals surface area (Å²) in [7, 11) is 4.11. The number of aromatic nitrogens is 1. The zero-order valence-electron chi connectivity index (χ0n) is 24.4. The summed E-state index contributed by atoms with van der Waals surface area (Å²) >= 11 is 0. The first kappa shape index (κ1) is 27.9. The Labute approximate surface area is 244 Å². The van der Waals surface area contributed by atoms with Gasteiger partial charge in [0.25, 0.3) is 0 Å². The summed E-state index contributed by atoms with van der Waals surface area (Å²) in [4.78, 5) is 2.60. The van der Waals surface area contributed by atoms with Gasteiger partial charge in [-0.3, -0.25) is 4.90 Å². The zero-order chi connectivity index (χ0) is 28.2. The second-order valence-electron chi connectivity index (χ2n) is 11.7. The SMILES string of the molecule is C=CCN1CCC2C(OC)CC1c1c(n(C)c3ccccc13)C2(COCc1ccccc1)COCc1ccccc1. The number of rotatable bonds is 11. The Morgan fingerprint density at radius 3 is 2.10 bits per heavy atom. The van der Waals surface area contributed by atoms with Gasteiger partial charge in [-0.15, -0.1) is 6.58 Å². The van der Waals surface area contributed by atoms with E-state index in [0.29, 0.717) is 26.4 Å². The Balaban J connectivity index is 1.49. The monoisotopic (exact) mass is 550 g/mol. The number of para-hydroxylation sites is 1. The van der Waals surface area contributed by atoms with Gasteiger partial charge in [-0.25, -0.2) is 0 Å². The molecule has 5 nitrogen and oxygen atoms in total. The van der Waals surface area contributed by atoms with Crippen molar-refractivity contribution in [3.63, 3.8) is 0 Å². The van der Waals surface area contributed by atoms with Crippen molar-refractivity contribution in [1.82, 2.24) is 9.47 Å². The lowest BCUT2D eigenvalue weighted by atomic mass is 9.69. The van der Waals surface area contributed by atoms with Crippen molar-refractivity contribution < 1.29 is 14.2 Å². The predicted molar refractivity (Wildman–Crippen MR) is 165 cm³/mol. The number of benzene rings is 3. The van der Waals surface area contributed by atoms with Crippen LogP contribution in [0.3, 0.4) is 0 Å². The van der Waals surface area contributed by atoms with E-state index < -0.39 is 0 Å². The van der Waals surface area contributed by atoms with Crippen molar-refractivity contribution in [2.45, 2.75) is 43.6 Å². The van der Waals surface area contributed by atoms with Crippen LogP contribution in [0.4, 0.5) is 0 Å². The van der Waals surface area contributed by atoms with Gasteiger partial charge >= 0.3 is 0 Å². The first-order valence-corrected chi connectivity index (χ1v) is 14.8. The lowest BCUT2D eigenvalue weighted by molar-refractivity contribution is -0.0644. The lowest BCUT2D eigenvalue weighted by Gasteiger charge is -2.44. The molecule has 214 valence electrons. The molecule has 3 atom stereocenters. The van der Waals surface area contributed by atoms with E-state index in [0.717, 1.165) is 25.9 Å². The highest BCUT2D eigenvalue weighted by molar-refractivity contribution is 5.87. The predicted octanol–water partition coefficient (Wildman–Crippen LogP) is 6.82. The van der Waals surface area contributed by atoms with Crippen LogP contribution in [-0.2, 0) is 39.9 Å². The van der Waals surface area contributed by atoms with Crippen molar-refractivity contribution in [3.05, 3.63) is 120 Å². The molecule has 1 fully saturated rings. The fourth-order valence-corrected chi connectivity index (χ4v) is 7.54. The van der Waals surface area contributed by atoms with Crippen molar-refractivity contribution >= 4 is 10.9 Å². The second kappa shape index (κ2) is 12.3. The molecule has 4 aromatic rings. The fourth-order valence-electron chi connectivity index (χ4n) is 7.54. The summed E-state index contributed by atoms with van der Waals surface area (Å²) in [5.74, 6) is 0.223. The molecule has 0 saturated carbocycles. The van der Waals surface area contributed by atoms with E-state index in [-0.39, 0.29) is 23.5 Å². The fraction of sp³-hybridized carbons (Fsp3) is 0.389. The largest absolute Gasteiger partial charge is 0.381 e. The van der Waals surface area contributed by atoms with Gasteiger partial charge in [0.1, 0.15) is 0 Å². The number of ether oxygens (including phenoxy) is 3. The third-order valence-electron chi connectivity index (χ3n) is 9.34. The normalized spacial score (nSPS) is 21.9. The minimum atomic E-state index is -0.387. The summed E-state index contributed by atoms with van der Waals surface area (Å²) in [5.41, 5.74) is 5.97. The smallest absolute Gasteiger partial charge is 0.0717 e. The van der Waals surface area contributed by atoms with Crippen LogP contribution in [0, 0.1) is 5.92 Å². The molecule has 0 amide bonds. The molecule has 6 rings (SSSR count). The highest BCUT2D eigenvalue weighted by Crippen LogP contribution is 2.53. The van der Waals surface area contributed by atoms with Gasteiger partial charge in [0.2, 0.25) is 0 Å². The second-order valence-corrected chi connectivity index (χ2v) is 11.7. The molecular weight excluding hydrogens is 508 g/mol. The van der Waals surface area contributed by atoms with E-state index in [1.807, 2.05) is 13.2 Å². The van der Waals surface area contributed by atoms with Crippen LogP contribution in [0.1, 0.15) is 41.3 Å². The van der Waals surface area contributed by atoms with E-state index in [2.05, 4.69) is 108 Å². The van der Waals surface area contributed by atoms with Gasteiger partial charge in [0.15, 0.2) is 0 Å². The van der Waals surface area contributed by atoms with E-state index in [9.17, 15) is 0 Å². The molecule has 3 aromatic carbocycles. The Bertz CT molecular complexity index is 1400. The standard InChI is InChI=1S/C36H42N2O3/c1-4-20-38-21-19-30-33(39-3)22-32(38)34-29-17-11-12-18-31(29)37(2)35(34)36(30,25-40-23-27-13-7-5-8-14-27)26-41-24-28-15-9-6-10-16-28/h4-18,30,32-33H,1,19-26H2,2-3H3. The minimum absolute atomic E-state index is 0.0848. The molecule has 2 aliphatic rings. The first-order chi connectivity index (χ1) is 20.2. The van der Waals surface area contributed by atoms with E-state index in [4.69, 9.17) is 14.2 Å². The first-order valence-electron chi connectivity index (χ1n) is 14.8. The number of likely N-dealkylation sites (tertiary alicyclic amines) is 1. The molecule has 3 unspecified atom stereocenters. The van der Waals surface area contributed by atoms with Gasteiger partial charge in [-0.1, -0.05) is 84.9 Å². The maximum Gasteiger partial charge on any atom is 0.0717 e. The van der Waals surface area contributed by atoms with Gasteiger partial charge in [-0.05, 0) is 42.1 Å². The number of aryl methyl sites for hydroxylation is 1. The highest BCUT2D eigenvalue weighted by atomic mass is 16.5. The zero-order valence-corrected chi connectivity index (χ0v) is 24.4. The van der Waals surface area contributed by atoms with Crippen molar-refractivity contribution in [2.75, 3.05) is 33.4 Å². The molecule has 5 heteroatoms. The molecule has 1 aromatic heterocycles. The average molecular weight is 551 g/mol. The van der Waals surface area contributed by atoms with Gasteiger partial charge in [0.05, 0.1) is 37.9 Å². The molecule has 1 saturated heterocycles. The number of methoxy groups -OCH3 is 1. The molecule has 41 heavy (non-hydrogen) atoms. The maximum atomic E-state index is 6.71. The molecule has 0 N–H and O–H groups in total. The summed E-state index contributed by atoms with van der Waals surface area (Å²) in [6.45, 7) is 8.21. The molecule has 0 spiro atoms. The molecule has 2 heterocycles. The highest BCUT2D eigenvalue weighted by Gasteiger charge is 2.54. The van der Waals surface area contributed by atoms with Crippen molar-refractivity contribution in [2.24, 2.45) is 13.0 Å². The maximum absolute atomic E-state index is 6.71. The average Bonchev–Trinajstić information content (AvgIpc) is 3.12. The van der Waals surface area contributed by atoms with Gasteiger partial charge < -0.3 is 18.8 Å². The van der Waals surface area contributed by atoms with Crippen LogP contribution >= 0.6 is 0 Å². The van der Waals surface area contributed by atoms with Crippen molar-refractivity contribution in [1.29, 1.82) is 0 Å². The van der Waals surface area contributed by atoms with E-state index >= 15 is 0 Å². The van der Waals surface area contributed by atoms with E-state index in [1.165, 1.54) is 33.3 Å². The third-order valence-corrected chi connectivity index (χ3v) is 9.34. The summed E-state index contributed by atoms with van der Waals surface area (Å²) in [6.07, 6.45) is 4.07.